The Morgan fingerprint density at radius 1 is 1.80 bits per heavy atom. The minimum absolute atomic E-state index is 0.0972. The highest BCUT2D eigenvalue weighted by molar-refractivity contribution is 6.30. The van der Waals surface area contributed by atoms with Crippen LogP contribution in [0, 0.1) is 0 Å². The molecule has 0 saturated heterocycles. The SMILES string of the molecule is NC1=NC(Cl)=C[C@@H](N)N1O. The molecule has 1 heterocycles. The van der Waals surface area contributed by atoms with Gasteiger partial charge in [-0.15, -0.1) is 0 Å². The Morgan fingerprint density at radius 2 is 2.40 bits per heavy atom. The zero-order valence-corrected chi connectivity index (χ0v) is 5.78. The van der Waals surface area contributed by atoms with E-state index in [1.807, 2.05) is 0 Å². The Bertz CT molecular complexity index is 201. The van der Waals surface area contributed by atoms with Crippen molar-refractivity contribution in [3.05, 3.63) is 11.2 Å². The van der Waals surface area contributed by atoms with Crippen molar-refractivity contribution in [2.75, 3.05) is 0 Å². The fourth-order valence-corrected chi connectivity index (χ4v) is 0.778. The lowest BCUT2D eigenvalue weighted by Gasteiger charge is -2.23. The first-order valence-corrected chi connectivity index (χ1v) is 2.94. The molecule has 0 aromatic rings. The van der Waals surface area contributed by atoms with Gasteiger partial charge in [0.1, 0.15) is 11.3 Å². The summed E-state index contributed by atoms with van der Waals surface area (Å²) >= 11 is 5.45. The minimum Gasteiger partial charge on any atom is -0.368 e. The van der Waals surface area contributed by atoms with Crippen LogP contribution >= 0.6 is 11.6 Å². The number of hydrogen-bond donors (Lipinski definition) is 3. The topological polar surface area (TPSA) is 87.9 Å². The van der Waals surface area contributed by atoms with Gasteiger partial charge in [0.05, 0.1) is 0 Å². The van der Waals surface area contributed by atoms with Crippen molar-refractivity contribution in [3.63, 3.8) is 0 Å². The maximum Gasteiger partial charge on any atom is 0.223 e. The van der Waals surface area contributed by atoms with Gasteiger partial charge in [0, 0.05) is 0 Å². The van der Waals surface area contributed by atoms with E-state index in [1.165, 1.54) is 6.08 Å². The van der Waals surface area contributed by atoms with Crippen LogP contribution in [-0.2, 0) is 0 Å². The molecule has 0 bridgehead atoms. The number of nitrogens with two attached hydrogens (primary N) is 2. The van der Waals surface area contributed by atoms with E-state index < -0.39 is 6.17 Å². The predicted octanol–water partition coefficient (Wildman–Crippen LogP) is -0.629. The van der Waals surface area contributed by atoms with Crippen LogP contribution in [-0.4, -0.2) is 22.4 Å². The maximum atomic E-state index is 8.91. The third-order valence-electron chi connectivity index (χ3n) is 1.05. The van der Waals surface area contributed by atoms with Crippen molar-refractivity contribution >= 4 is 17.6 Å². The molecule has 6 heteroatoms. The van der Waals surface area contributed by atoms with Crippen LogP contribution in [0.15, 0.2) is 16.2 Å². The molecular weight excluding hydrogens is 156 g/mol. The molecule has 0 spiro atoms. The van der Waals surface area contributed by atoms with Gasteiger partial charge in [-0.25, -0.2) is 10.1 Å². The standard InChI is InChI=1S/C4H7ClN4O/c5-2-1-3(6)9(10)4(7)8-2/h1,3,10H,6H2,(H2,7,8)/t3-/m0/s1. The molecule has 0 unspecified atom stereocenters. The summed E-state index contributed by atoms with van der Waals surface area (Å²) in [5.41, 5.74) is 10.5. The summed E-state index contributed by atoms with van der Waals surface area (Å²) in [6.07, 6.45) is 0.669. The number of guanidine groups is 1. The van der Waals surface area contributed by atoms with Crippen molar-refractivity contribution in [3.8, 4) is 0 Å². The molecule has 1 rings (SSSR count). The number of hydroxylamine groups is 2. The summed E-state index contributed by atoms with van der Waals surface area (Å²) in [7, 11) is 0. The van der Waals surface area contributed by atoms with Gasteiger partial charge in [0.25, 0.3) is 0 Å². The second kappa shape index (κ2) is 2.45. The number of hydrogen-bond acceptors (Lipinski definition) is 5. The molecule has 0 aliphatic carbocycles. The summed E-state index contributed by atoms with van der Waals surface area (Å²) in [5.74, 6) is -0.0972. The molecule has 0 amide bonds. The van der Waals surface area contributed by atoms with Gasteiger partial charge < -0.3 is 11.5 Å². The van der Waals surface area contributed by atoms with E-state index in [1.54, 1.807) is 0 Å². The molecule has 1 aliphatic heterocycles. The molecule has 5 N–H and O–H groups in total. The monoisotopic (exact) mass is 162 g/mol. The molecule has 0 aromatic heterocycles. The second-order valence-corrected chi connectivity index (χ2v) is 2.18. The fraction of sp³-hybridized carbons (Fsp3) is 0.250. The molecule has 0 fully saturated rings. The highest BCUT2D eigenvalue weighted by Gasteiger charge is 2.16. The Morgan fingerprint density at radius 3 is 2.90 bits per heavy atom. The van der Waals surface area contributed by atoms with E-state index in [2.05, 4.69) is 4.99 Å². The first-order chi connectivity index (χ1) is 4.61. The Hall–Kier alpha value is -0.780. The van der Waals surface area contributed by atoms with Gasteiger partial charge in [-0.1, -0.05) is 11.6 Å². The Balaban J connectivity index is 2.85. The van der Waals surface area contributed by atoms with Gasteiger partial charge >= 0.3 is 0 Å². The van der Waals surface area contributed by atoms with E-state index in [9.17, 15) is 0 Å². The van der Waals surface area contributed by atoms with Gasteiger partial charge in [-0.2, -0.15) is 0 Å². The van der Waals surface area contributed by atoms with Crippen molar-refractivity contribution < 1.29 is 5.21 Å². The maximum absolute atomic E-state index is 8.91. The molecule has 0 saturated carbocycles. The number of nitrogens with zero attached hydrogens (tertiary/aromatic N) is 2. The fourth-order valence-electron chi connectivity index (χ4n) is 0.562. The summed E-state index contributed by atoms with van der Waals surface area (Å²) in [6, 6.07) is 0. The lowest BCUT2D eigenvalue weighted by molar-refractivity contribution is -0.0399. The quantitative estimate of drug-likeness (QED) is 0.414. The van der Waals surface area contributed by atoms with Crippen LogP contribution < -0.4 is 11.5 Å². The second-order valence-electron chi connectivity index (χ2n) is 1.79. The van der Waals surface area contributed by atoms with E-state index in [-0.39, 0.29) is 11.1 Å². The van der Waals surface area contributed by atoms with Crippen LogP contribution in [0.3, 0.4) is 0 Å². The van der Waals surface area contributed by atoms with Gasteiger partial charge in [0.15, 0.2) is 0 Å². The smallest absolute Gasteiger partial charge is 0.223 e. The number of halogens is 1. The molecule has 10 heavy (non-hydrogen) atoms. The van der Waals surface area contributed by atoms with Gasteiger partial charge in [-0.05, 0) is 6.08 Å². The third-order valence-corrected chi connectivity index (χ3v) is 1.26. The van der Waals surface area contributed by atoms with Crippen molar-refractivity contribution in [2.45, 2.75) is 6.17 Å². The predicted molar refractivity (Wildman–Crippen MR) is 37.2 cm³/mol. The highest BCUT2D eigenvalue weighted by atomic mass is 35.5. The van der Waals surface area contributed by atoms with Gasteiger partial charge in [0.2, 0.25) is 5.96 Å². The molecule has 1 aliphatic rings. The van der Waals surface area contributed by atoms with E-state index >= 15 is 0 Å². The van der Waals surface area contributed by atoms with Crippen LogP contribution in [0.4, 0.5) is 0 Å². The molecule has 56 valence electrons. The van der Waals surface area contributed by atoms with E-state index in [4.69, 9.17) is 28.3 Å². The van der Waals surface area contributed by atoms with Gasteiger partial charge in [-0.3, -0.25) is 5.21 Å². The molecular formula is C4H7ClN4O. The van der Waals surface area contributed by atoms with E-state index in [0.29, 0.717) is 5.06 Å². The first-order valence-electron chi connectivity index (χ1n) is 2.56. The summed E-state index contributed by atoms with van der Waals surface area (Å²) in [6.45, 7) is 0. The summed E-state index contributed by atoms with van der Waals surface area (Å²) in [5, 5.41) is 9.73. The van der Waals surface area contributed by atoms with Crippen LogP contribution in [0.1, 0.15) is 0 Å². The van der Waals surface area contributed by atoms with Crippen LogP contribution in [0.5, 0.6) is 0 Å². The Labute approximate surface area is 62.5 Å². The number of rotatable bonds is 0. The highest BCUT2D eigenvalue weighted by Crippen LogP contribution is 2.10. The van der Waals surface area contributed by atoms with Crippen LogP contribution in [0.2, 0.25) is 0 Å². The number of aliphatic imine (C=N–C) groups is 1. The zero-order chi connectivity index (χ0) is 7.72. The average molecular weight is 163 g/mol. The average Bonchev–Trinajstić information content (AvgIpc) is 1.82. The lowest BCUT2D eigenvalue weighted by Crippen LogP contribution is -2.47. The van der Waals surface area contributed by atoms with Crippen LogP contribution in [0.25, 0.3) is 0 Å². The van der Waals surface area contributed by atoms with Crippen molar-refractivity contribution in [2.24, 2.45) is 16.5 Å². The molecule has 0 radical (unpaired) electrons. The minimum atomic E-state index is -0.704. The zero-order valence-electron chi connectivity index (χ0n) is 5.03. The third kappa shape index (κ3) is 1.21. The normalized spacial score (nSPS) is 25.9. The van der Waals surface area contributed by atoms with Crippen molar-refractivity contribution in [1.82, 2.24) is 5.06 Å². The Kier molecular flexibility index (Phi) is 1.80. The largest absolute Gasteiger partial charge is 0.368 e. The lowest BCUT2D eigenvalue weighted by atomic mass is 10.4. The molecule has 5 nitrogen and oxygen atoms in total. The van der Waals surface area contributed by atoms with Crippen molar-refractivity contribution in [1.29, 1.82) is 0 Å². The molecule has 1 atom stereocenters. The summed E-state index contributed by atoms with van der Waals surface area (Å²) in [4.78, 5) is 3.53. The summed E-state index contributed by atoms with van der Waals surface area (Å²) < 4.78 is 0. The van der Waals surface area contributed by atoms with E-state index in [0.717, 1.165) is 0 Å². The molecule has 0 aromatic carbocycles. The first kappa shape index (κ1) is 7.33.